The van der Waals surface area contributed by atoms with Gasteiger partial charge in [-0.25, -0.2) is 4.98 Å². The SMILES string of the molecule is CCOc1ccc(C(=O)N(Cc2cccnc2)c2nc3ccc(Cl)cc3s2)cc1OCC. The van der Waals surface area contributed by atoms with E-state index in [9.17, 15) is 4.79 Å². The number of carbonyl (C=O) groups excluding carboxylic acids is 1. The Morgan fingerprint density at radius 1 is 1.06 bits per heavy atom. The Hall–Kier alpha value is -3.16. The van der Waals surface area contributed by atoms with Gasteiger partial charge in [0.2, 0.25) is 0 Å². The van der Waals surface area contributed by atoms with Gasteiger partial charge in [-0.2, -0.15) is 0 Å². The first kappa shape index (κ1) is 22.0. The van der Waals surface area contributed by atoms with Gasteiger partial charge in [-0.15, -0.1) is 0 Å². The van der Waals surface area contributed by atoms with Gasteiger partial charge in [0.05, 0.1) is 30.0 Å². The van der Waals surface area contributed by atoms with E-state index >= 15 is 0 Å². The van der Waals surface area contributed by atoms with E-state index in [-0.39, 0.29) is 5.91 Å². The van der Waals surface area contributed by atoms with Crippen LogP contribution in [0.2, 0.25) is 5.02 Å². The largest absolute Gasteiger partial charge is 0.490 e. The lowest BCUT2D eigenvalue weighted by molar-refractivity contribution is 0.0984. The third-order valence-corrected chi connectivity index (χ3v) is 5.95. The normalized spacial score (nSPS) is 10.8. The van der Waals surface area contributed by atoms with E-state index in [4.69, 9.17) is 26.1 Å². The van der Waals surface area contributed by atoms with Crippen molar-refractivity contribution in [3.8, 4) is 11.5 Å². The predicted octanol–water partition coefficient (Wildman–Crippen LogP) is 5.99. The van der Waals surface area contributed by atoms with Crippen LogP contribution in [0.5, 0.6) is 11.5 Å². The molecule has 0 saturated carbocycles. The molecule has 0 aliphatic carbocycles. The van der Waals surface area contributed by atoms with Crippen molar-refractivity contribution in [3.63, 3.8) is 0 Å². The second-order valence-electron chi connectivity index (χ2n) is 6.89. The summed E-state index contributed by atoms with van der Waals surface area (Å²) in [6, 6.07) is 14.5. The number of aromatic nitrogens is 2. The Balaban J connectivity index is 1.75. The maximum absolute atomic E-state index is 13.7. The zero-order chi connectivity index (χ0) is 22.5. The molecule has 8 heteroatoms. The third-order valence-electron chi connectivity index (χ3n) is 4.67. The third kappa shape index (κ3) is 4.84. The fourth-order valence-corrected chi connectivity index (χ4v) is 4.48. The highest BCUT2D eigenvalue weighted by atomic mass is 35.5. The molecule has 0 radical (unpaired) electrons. The van der Waals surface area contributed by atoms with Gasteiger partial charge < -0.3 is 9.47 Å². The van der Waals surface area contributed by atoms with E-state index in [0.717, 1.165) is 15.8 Å². The number of anilines is 1. The Labute approximate surface area is 195 Å². The topological polar surface area (TPSA) is 64.5 Å². The molecule has 0 fully saturated rings. The summed E-state index contributed by atoms with van der Waals surface area (Å²) >= 11 is 7.57. The predicted molar refractivity (Wildman–Crippen MR) is 128 cm³/mol. The summed E-state index contributed by atoms with van der Waals surface area (Å²) in [7, 11) is 0. The van der Waals surface area contributed by atoms with E-state index in [1.54, 1.807) is 41.6 Å². The monoisotopic (exact) mass is 467 g/mol. The number of halogens is 1. The van der Waals surface area contributed by atoms with Crippen LogP contribution in [-0.4, -0.2) is 29.1 Å². The average Bonchev–Trinajstić information content (AvgIpc) is 3.22. The van der Waals surface area contributed by atoms with Gasteiger partial charge in [0.1, 0.15) is 0 Å². The molecule has 2 heterocycles. The zero-order valence-electron chi connectivity index (χ0n) is 17.7. The smallest absolute Gasteiger partial charge is 0.260 e. The van der Waals surface area contributed by atoms with Gasteiger partial charge in [-0.3, -0.25) is 14.7 Å². The summed E-state index contributed by atoms with van der Waals surface area (Å²) in [5.74, 6) is 0.958. The number of nitrogens with zero attached hydrogens (tertiary/aromatic N) is 3. The lowest BCUT2D eigenvalue weighted by Gasteiger charge is -2.21. The van der Waals surface area contributed by atoms with Crippen LogP contribution in [0.3, 0.4) is 0 Å². The molecule has 0 spiro atoms. The number of hydrogen-bond acceptors (Lipinski definition) is 6. The molecule has 4 aromatic rings. The summed E-state index contributed by atoms with van der Waals surface area (Å²) in [5, 5.41) is 1.22. The van der Waals surface area contributed by atoms with Crippen LogP contribution in [0.4, 0.5) is 5.13 Å². The van der Waals surface area contributed by atoms with E-state index in [2.05, 4.69) is 4.98 Å². The Kier molecular flexibility index (Phi) is 6.87. The van der Waals surface area contributed by atoms with Crippen LogP contribution >= 0.6 is 22.9 Å². The fourth-order valence-electron chi connectivity index (χ4n) is 3.24. The van der Waals surface area contributed by atoms with Crippen molar-refractivity contribution in [1.29, 1.82) is 0 Å². The molecule has 0 unspecified atom stereocenters. The molecule has 2 aromatic heterocycles. The standard InChI is InChI=1S/C24H22ClN3O3S/c1-3-30-20-10-7-17(12-21(20)31-4-2)23(29)28(15-16-6-5-11-26-14-16)24-27-19-9-8-18(25)13-22(19)32-24/h5-14H,3-4,15H2,1-2H3. The minimum absolute atomic E-state index is 0.192. The van der Waals surface area contributed by atoms with Gasteiger partial charge in [0.15, 0.2) is 16.6 Å². The Morgan fingerprint density at radius 2 is 1.88 bits per heavy atom. The van der Waals surface area contributed by atoms with Gasteiger partial charge in [0.25, 0.3) is 5.91 Å². The van der Waals surface area contributed by atoms with Crippen LogP contribution in [0, 0.1) is 0 Å². The van der Waals surface area contributed by atoms with Gasteiger partial charge >= 0.3 is 0 Å². The van der Waals surface area contributed by atoms with Crippen molar-refractivity contribution < 1.29 is 14.3 Å². The summed E-state index contributed by atoms with van der Waals surface area (Å²) in [6.45, 7) is 5.11. The molecule has 6 nitrogen and oxygen atoms in total. The number of carbonyl (C=O) groups is 1. The van der Waals surface area contributed by atoms with Gasteiger partial charge in [-0.05, 0) is 61.9 Å². The van der Waals surface area contributed by atoms with Gasteiger partial charge in [-0.1, -0.05) is 29.0 Å². The van der Waals surface area contributed by atoms with E-state index in [1.807, 2.05) is 38.1 Å². The maximum atomic E-state index is 13.7. The van der Waals surface area contributed by atoms with Crippen molar-refractivity contribution in [2.24, 2.45) is 0 Å². The number of benzene rings is 2. The highest BCUT2D eigenvalue weighted by molar-refractivity contribution is 7.22. The van der Waals surface area contributed by atoms with Crippen molar-refractivity contribution >= 4 is 44.2 Å². The molecule has 32 heavy (non-hydrogen) atoms. The fraction of sp³-hybridized carbons (Fsp3) is 0.208. The molecule has 0 N–H and O–H groups in total. The molecular weight excluding hydrogens is 446 g/mol. The number of hydrogen-bond donors (Lipinski definition) is 0. The molecule has 0 bridgehead atoms. The molecule has 2 aromatic carbocycles. The number of thiazole rings is 1. The van der Waals surface area contributed by atoms with Crippen molar-refractivity contribution in [3.05, 3.63) is 77.1 Å². The average molecular weight is 468 g/mol. The highest BCUT2D eigenvalue weighted by Gasteiger charge is 2.23. The van der Waals surface area contributed by atoms with Crippen LogP contribution in [0.25, 0.3) is 10.2 Å². The Morgan fingerprint density at radius 3 is 2.62 bits per heavy atom. The first-order chi connectivity index (χ1) is 15.6. The van der Waals surface area contributed by atoms with Gasteiger partial charge in [0, 0.05) is 23.0 Å². The summed E-state index contributed by atoms with van der Waals surface area (Å²) in [5.41, 5.74) is 2.17. The van der Waals surface area contributed by atoms with Crippen molar-refractivity contribution in [2.75, 3.05) is 18.1 Å². The second-order valence-corrected chi connectivity index (χ2v) is 8.33. The van der Waals surface area contributed by atoms with Crippen LogP contribution < -0.4 is 14.4 Å². The molecule has 1 amide bonds. The second kappa shape index (κ2) is 9.97. The number of amides is 1. The van der Waals surface area contributed by atoms with Crippen LogP contribution in [0.15, 0.2) is 60.9 Å². The first-order valence-corrected chi connectivity index (χ1v) is 11.4. The van der Waals surface area contributed by atoms with E-state index in [1.165, 1.54) is 11.3 Å². The zero-order valence-corrected chi connectivity index (χ0v) is 19.3. The molecule has 164 valence electrons. The quantitative estimate of drug-likeness (QED) is 0.318. The molecule has 4 rings (SSSR count). The molecular formula is C24H22ClN3O3S. The molecule has 0 aliphatic rings. The van der Waals surface area contributed by atoms with E-state index < -0.39 is 0 Å². The lowest BCUT2D eigenvalue weighted by Crippen LogP contribution is -2.30. The minimum Gasteiger partial charge on any atom is -0.490 e. The number of rotatable bonds is 8. The summed E-state index contributed by atoms with van der Waals surface area (Å²) in [4.78, 5) is 24.2. The lowest BCUT2D eigenvalue weighted by atomic mass is 10.1. The molecule has 0 atom stereocenters. The highest BCUT2D eigenvalue weighted by Crippen LogP contribution is 2.34. The van der Waals surface area contributed by atoms with Crippen molar-refractivity contribution in [1.82, 2.24) is 9.97 Å². The van der Waals surface area contributed by atoms with Crippen molar-refractivity contribution in [2.45, 2.75) is 20.4 Å². The summed E-state index contributed by atoms with van der Waals surface area (Å²) < 4.78 is 12.3. The van der Waals surface area contributed by atoms with Crippen LogP contribution in [0.1, 0.15) is 29.8 Å². The number of pyridine rings is 1. The first-order valence-electron chi connectivity index (χ1n) is 10.3. The van der Waals surface area contributed by atoms with E-state index in [0.29, 0.717) is 47.0 Å². The summed E-state index contributed by atoms with van der Waals surface area (Å²) in [6.07, 6.45) is 3.45. The Bertz CT molecular complexity index is 1230. The molecule has 0 aliphatic heterocycles. The van der Waals surface area contributed by atoms with Crippen LogP contribution in [-0.2, 0) is 6.54 Å². The number of fused-ring (bicyclic) bond motifs is 1. The minimum atomic E-state index is -0.192. The number of ether oxygens (including phenoxy) is 2. The maximum Gasteiger partial charge on any atom is 0.260 e. The molecule has 0 saturated heterocycles.